The quantitative estimate of drug-likeness (QED) is 0.784. The van der Waals surface area contributed by atoms with E-state index in [0.29, 0.717) is 13.1 Å². The summed E-state index contributed by atoms with van der Waals surface area (Å²) in [5, 5.41) is 12.2. The van der Waals surface area contributed by atoms with Crippen molar-refractivity contribution < 1.29 is 9.90 Å². The fraction of sp³-hybridized carbons (Fsp3) is 0.462. The monoisotopic (exact) mass is 236 g/mol. The van der Waals surface area contributed by atoms with Crippen LogP contribution in [0.15, 0.2) is 24.3 Å². The molecule has 1 rings (SSSR count). The lowest BCUT2D eigenvalue weighted by atomic mass is 10.2. The summed E-state index contributed by atoms with van der Waals surface area (Å²) in [5.74, 6) is 0.292. The molecule has 0 unspecified atom stereocenters. The van der Waals surface area contributed by atoms with Crippen LogP contribution in [0.25, 0.3) is 0 Å². The number of hydrogen-bond acceptors (Lipinski definition) is 3. The first-order valence-electron chi connectivity index (χ1n) is 5.85. The first-order valence-corrected chi connectivity index (χ1v) is 5.85. The molecule has 0 atom stereocenters. The maximum atomic E-state index is 11.5. The smallest absolute Gasteiger partial charge is 0.234 e. The Kier molecular flexibility index (Phi) is 5.49. The molecule has 94 valence electrons. The number of carbonyl (C=O) groups is 1. The maximum absolute atomic E-state index is 11.5. The Bertz CT molecular complexity index is 366. The molecule has 4 nitrogen and oxygen atoms in total. The number of benzene rings is 1. The molecule has 0 aliphatic rings. The van der Waals surface area contributed by atoms with Crippen LogP contribution in [0.3, 0.4) is 0 Å². The molecule has 17 heavy (non-hydrogen) atoms. The van der Waals surface area contributed by atoms with E-state index in [1.165, 1.54) is 0 Å². The molecule has 0 fully saturated rings. The molecule has 2 N–H and O–H groups in total. The molecule has 4 heteroatoms. The highest BCUT2D eigenvalue weighted by molar-refractivity contribution is 5.77. The SMILES string of the molecule is CCCNC(=O)CN(C)Cc1cccc(O)c1. The molecule has 1 aromatic rings. The Morgan fingerprint density at radius 3 is 2.88 bits per heavy atom. The van der Waals surface area contributed by atoms with Crippen molar-refractivity contribution in [3.05, 3.63) is 29.8 Å². The van der Waals surface area contributed by atoms with Crippen molar-refractivity contribution in [2.24, 2.45) is 0 Å². The highest BCUT2D eigenvalue weighted by Gasteiger charge is 2.06. The Morgan fingerprint density at radius 1 is 1.47 bits per heavy atom. The van der Waals surface area contributed by atoms with Gasteiger partial charge in [-0.3, -0.25) is 9.69 Å². The van der Waals surface area contributed by atoms with E-state index in [2.05, 4.69) is 5.32 Å². The van der Waals surface area contributed by atoms with Crippen molar-refractivity contribution in [2.45, 2.75) is 19.9 Å². The lowest BCUT2D eigenvalue weighted by Crippen LogP contribution is -2.35. The topological polar surface area (TPSA) is 52.6 Å². The number of carbonyl (C=O) groups excluding carboxylic acids is 1. The standard InChI is InChI=1S/C13H20N2O2/c1-3-7-14-13(17)10-15(2)9-11-5-4-6-12(16)8-11/h4-6,8,16H,3,7,9-10H2,1-2H3,(H,14,17). The number of hydrogen-bond donors (Lipinski definition) is 2. The Balaban J connectivity index is 2.39. The third-order valence-corrected chi connectivity index (χ3v) is 2.35. The van der Waals surface area contributed by atoms with E-state index < -0.39 is 0 Å². The van der Waals surface area contributed by atoms with Crippen molar-refractivity contribution in [3.63, 3.8) is 0 Å². The lowest BCUT2D eigenvalue weighted by molar-refractivity contribution is -0.122. The van der Waals surface area contributed by atoms with Gasteiger partial charge in [0.2, 0.25) is 5.91 Å². The van der Waals surface area contributed by atoms with Crippen molar-refractivity contribution in [3.8, 4) is 5.75 Å². The van der Waals surface area contributed by atoms with Crippen LogP contribution in [-0.4, -0.2) is 36.1 Å². The molecule has 0 radical (unpaired) electrons. The Morgan fingerprint density at radius 2 is 2.24 bits per heavy atom. The summed E-state index contributed by atoms with van der Waals surface area (Å²) < 4.78 is 0. The lowest BCUT2D eigenvalue weighted by Gasteiger charge is -2.16. The van der Waals surface area contributed by atoms with E-state index >= 15 is 0 Å². The minimum Gasteiger partial charge on any atom is -0.508 e. The Hall–Kier alpha value is -1.55. The van der Waals surface area contributed by atoms with Gasteiger partial charge in [0.1, 0.15) is 5.75 Å². The third-order valence-electron chi connectivity index (χ3n) is 2.35. The highest BCUT2D eigenvalue weighted by Crippen LogP contribution is 2.12. The molecule has 0 heterocycles. The summed E-state index contributed by atoms with van der Waals surface area (Å²) in [5.41, 5.74) is 0.996. The second-order valence-electron chi connectivity index (χ2n) is 4.19. The zero-order valence-electron chi connectivity index (χ0n) is 10.4. The predicted octanol–water partition coefficient (Wildman–Crippen LogP) is 1.35. The summed E-state index contributed by atoms with van der Waals surface area (Å²) in [7, 11) is 1.88. The fourth-order valence-corrected chi connectivity index (χ4v) is 1.59. The fourth-order valence-electron chi connectivity index (χ4n) is 1.59. The number of nitrogens with zero attached hydrogens (tertiary/aromatic N) is 1. The van der Waals surface area contributed by atoms with E-state index in [1.807, 2.05) is 24.9 Å². The van der Waals surface area contributed by atoms with E-state index in [9.17, 15) is 9.90 Å². The Labute approximate surface area is 102 Å². The van der Waals surface area contributed by atoms with Crippen LogP contribution in [0, 0.1) is 0 Å². The van der Waals surface area contributed by atoms with Gasteiger partial charge in [-0.2, -0.15) is 0 Å². The minimum atomic E-state index is 0.0366. The molecular formula is C13H20N2O2. The van der Waals surface area contributed by atoms with Gasteiger partial charge in [-0.05, 0) is 31.2 Å². The first kappa shape index (κ1) is 13.5. The van der Waals surface area contributed by atoms with E-state index in [-0.39, 0.29) is 11.7 Å². The molecule has 0 aromatic heterocycles. The van der Waals surface area contributed by atoms with Crippen molar-refractivity contribution in [2.75, 3.05) is 20.1 Å². The van der Waals surface area contributed by atoms with Gasteiger partial charge in [0.15, 0.2) is 0 Å². The number of rotatable bonds is 6. The van der Waals surface area contributed by atoms with Gasteiger partial charge >= 0.3 is 0 Å². The summed E-state index contributed by atoms with van der Waals surface area (Å²) in [6.07, 6.45) is 0.946. The summed E-state index contributed by atoms with van der Waals surface area (Å²) in [6.45, 7) is 3.76. The van der Waals surface area contributed by atoms with Gasteiger partial charge in [-0.25, -0.2) is 0 Å². The zero-order chi connectivity index (χ0) is 12.7. The van der Waals surface area contributed by atoms with E-state index in [1.54, 1.807) is 18.2 Å². The molecule has 0 aliphatic heterocycles. The number of likely N-dealkylation sites (N-methyl/N-ethyl adjacent to an activating group) is 1. The van der Waals surface area contributed by atoms with Gasteiger partial charge in [-0.15, -0.1) is 0 Å². The number of aromatic hydroxyl groups is 1. The zero-order valence-corrected chi connectivity index (χ0v) is 10.4. The average molecular weight is 236 g/mol. The van der Waals surface area contributed by atoms with Crippen molar-refractivity contribution >= 4 is 5.91 Å². The van der Waals surface area contributed by atoms with Crippen LogP contribution in [0.5, 0.6) is 5.75 Å². The van der Waals surface area contributed by atoms with Crippen LogP contribution in [0.4, 0.5) is 0 Å². The van der Waals surface area contributed by atoms with E-state index in [4.69, 9.17) is 0 Å². The predicted molar refractivity (Wildman–Crippen MR) is 67.7 cm³/mol. The summed E-state index contributed by atoms with van der Waals surface area (Å²) in [6, 6.07) is 7.08. The molecule has 0 saturated carbocycles. The molecule has 0 bridgehead atoms. The number of phenolic OH excluding ortho intramolecular Hbond substituents is 1. The second kappa shape index (κ2) is 6.91. The van der Waals surface area contributed by atoms with Crippen LogP contribution < -0.4 is 5.32 Å². The summed E-state index contributed by atoms with van der Waals surface area (Å²) >= 11 is 0. The minimum absolute atomic E-state index is 0.0366. The maximum Gasteiger partial charge on any atom is 0.234 e. The average Bonchev–Trinajstić information content (AvgIpc) is 2.26. The second-order valence-corrected chi connectivity index (χ2v) is 4.19. The number of nitrogens with one attached hydrogen (secondary N) is 1. The van der Waals surface area contributed by atoms with Gasteiger partial charge < -0.3 is 10.4 Å². The highest BCUT2D eigenvalue weighted by atomic mass is 16.3. The molecule has 0 spiro atoms. The molecule has 1 aromatic carbocycles. The van der Waals surface area contributed by atoms with Gasteiger partial charge in [0.25, 0.3) is 0 Å². The van der Waals surface area contributed by atoms with Gasteiger partial charge in [-0.1, -0.05) is 19.1 Å². The van der Waals surface area contributed by atoms with Crippen LogP contribution in [-0.2, 0) is 11.3 Å². The third kappa shape index (κ3) is 5.36. The molecule has 1 amide bonds. The largest absolute Gasteiger partial charge is 0.508 e. The van der Waals surface area contributed by atoms with Crippen molar-refractivity contribution in [1.82, 2.24) is 10.2 Å². The van der Waals surface area contributed by atoms with Crippen LogP contribution in [0.2, 0.25) is 0 Å². The number of phenols is 1. The van der Waals surface area contributed by atoms with Gasteiger partial charge in [0, 0.05) is 13.1 Å². The van der Waals surface area contributed by atoms with Gasteiger partial charge in [0.05, 0.1) is 6.54 Å². The van der Waals surface area contributed by atoms with Crippen LogP contribution in [0.1, 0.15) is 18.9 Å². The molecule has 0 aliphatic carbocycles. The summed E-state index contributed by atoms with van der Waals surface area (Å²) in [4.78, 5) is 13.4. The van der Waals surface area contributed by atoms with Crippen LogP contribution >= 0.6 is 0 Å². The first-order chi connectivity index (χ1) is 8.11. The molecule has 0 saturated heterocycles. The van der Waals surface area contributed by atoms with E-state index in [0.717, 1.165) is 18.5 Å². The number of amides is 1. The van der Waals surface area contributed by atoms with Crippen molar-refractivity contribution in [1.29, 1.82) is 0 Å². The normalized spacial score (nSPS) is 10.5. The molecular weight excluding hydrogens is 216 g/mol.